The lowest BCUT2D eigenvalue weighted by Crippen LogP contribution is -2.47. The molecule has 1 N–H and O–H groups in total. The molecule has 0 atom stereocenters. The number of ketones is 1. The molecule has 1 aromatic carbocycles. The van der Waals surface area contributed by atoms with Gasteiger partial charge in [0.25, 0.3) is 0 Å². The number of rotatable bonds is 5. The summed E-state index contributed by atoms with van der Waals surface area (Å²) in [5.74, 6) is 0.150. The van der Waals surface area contributed by atoms with Gasteiger partial charge in [-0.3, -0.25) is 4.79 Å². The molecule has 0 aliphatic heterocycles. The van der Waals surface area contributed by atoms with Crippen molar-refractivity contribution in [2.75, 3.05) is 6.54 Å². The lowest BCUT2D eigenvalue weighted by molar-refractivity contribution is 0.0882. The first-order valence-electron chi connectivity index (χ1n) is 5.43. The van der Waals surface area contributed by atoms with Gasteiger partial charge >= 0.3 is 0 Å². The van der Waals surface area contributed by atoms with Crippen LogP contribution in [-0.2, 0) is 0 Å². The Morgan fingerprint density at radius 3 is 2.40 bits per heavy atom. The molecule has 0 radical (unpaired) electrons. The van der Waals surface area contributed by atoms with E-state index in [1.807, 2.05) is 44.2 Å². The van der Waals surface area contributed by atoms with E-state index >= 15 is 0 Å². The average Bonchev–Trinajstić information content (AvgIpc) is 2.26. The topological polar surface area (TPSA) is 29.1 Å². The monoisotopic (exact) mass is 205 g/mol. The highest BCUT2D eigenvalue weighted by molar-refractivity contribution is 6.02. The molecule has 2 nitrogen and oxygen atoms in total. The summed E-state index contributed by atoms with van der Waals surface area (Å²) in [6.45, 7) is 6.82. The number of hydrogen-bond donors (Lipinski definition) is 1. The van der Waals surface area contributed by atoms with E-state index in [4.69, 9.17) is 0 Å². The molecule has 0 aromatic heterocycles. The van der Waals surface area contributed by atoms with E-state index in [0.29, 0.717) is 0 Å². The Hall–Kier alpha value is -1.15. The standard InChI is InChI=1S/C13H19NO/c1-4-10-14-13(2,3)12(15)11-8-6-5-7-9-11/h5-9,14H,4,10H2,1-3H3. The average molecular weight is 205 g/mol. The molecule has 0 amide bonds. The van der Waals surface area contributed by atoms with Crippen molar-refractivity contribution in [1.29, 1.82) is 0 Å². The van der Waals surface area contributed by atoms with Crippen LogP contribution in [-0.4, -0.2) is 17.9 Å². The molecule has 0 spiro atoms. The fourth-order valence-electron chi connectivity index (χ4n) is 1.47. The zero-order chi connectivity index (χ0) is 11.3. The summed E-state index contributed by atoms with van der Waals surface area (Å²) >= 11 is 0. The molecule has 0 aliphatic carbocycles. The summed E-state index contributed by atoms with van der Waals surface area (Å²) in [5, 5.41) is 3.26. The van der Waals surface area contributed by atoms with Crippen molar-refractivity contribution in [3.05, 3.63) is 35.9 Å². The molecule has 82 valence electrons. The Bertz CT molecular complexity index is 317. The largest absolute Gasteiger partial charge is 0.305 e. The Labute approximate surface area is 91.7 Å². The maximum atomic E-state index is 12.1. The molecule has 1 rings (SSSR count). The van der Waals surface area contributed by atoms with Crippen molar-refractivity contribution in [3.63, 3.8) is 0 Å². The molecule has 1 aromatic rings. The van der Waals surface area contributed by atoms with Gasteiger partial charge in [-0.05, 0) is 26.8 Å². The SMILES string of the molecule is CCCNC(C)(C)C(=O)c1ccccc1. The van der Waals surface area contributed by atoms with Gasteiger partial charge in [0.2, 0.25) is 0 Å². The molecule has 0 fully saturated rings. The minimum atomic E-state index is -0.475. The fraction of sp³-hybridized carbons (Fsp3) is 0.462. The predicted octanol–water partition coefficient (Wildman–Crippen LogP) is 2.65. The van der Waals surface area contributed by atoms with Crippen LogP contribution in [0.1, 0.15) is 37.6 Å². The first kappa shape index (κ1) is 11.9. The van der Waals surface area contributed by atoms with Gasteiger partial charge in [0.15, 0.2) is 5.78 Å². The van der Waals surface area contributed by atoms with Crippen LogP contribution in [0.2, 0.25) is 0 Å². The first-order chi connectivity index (χ1) is 7.08. The van der Waals surface area contributed by atoms with Crippen molar-refractivity contribution in [3.8, 4) is 0 Å². The summed E-state index contributed by atoms with van der Waals surface area (Å²) in [6, 6.07) is 9.42. The van der Waals surface area contributed by atoms with Gasteiger partial charge in [-0.1, -0.05) is 37.3 Å². The van der Waals surface area contributed by atoms with Crippen molar-refractivity contribution in [1.82, 2.24) is 5.32 Å². The Balaban J connectivity index is 2.75. The van der Waals surface area contributed by atoms with E-state index < -0.39 is 5.54 Å². The number of nitrogens with one attached hydrogen (secondary N) is 1. The number of Topliss-reactive ketones (excluding diaryl/α,β-unsaturated/α-hetero) is 1. The lowest BCUT2D eigenvalue weighted by atomic mass is 9.93. The highest BCUT2D eigenvalue weighted by Gasteiger charge is 2.27. The van der Waals surface area contributed by atoms with Gasteiger partial charge in [0.05, 0.1) is 5.54 Å². The van der Waals surface area contributed by atoms with Crippen molar-refractivity contribution in [2.45, 2.75) is 32.7 Å². The highest BCUT2D eigenvalue weighted by atomic mass is 16.1. The Morgan fingerprint density at radius 2 is 1.87 bits per heavy atom. The molecule has 0 aliphatic rings. The van der Waals surface area contributed by atoms with E-state index in [1.54, 1.807) is 0 Å². The number of carbonyl (C=O) groups excluding carboxylic acids is 1. The first-order valence-corrected chi connectivity index (χ1v) is 5.43. The maximum absolute atomic E-state index is 12.1. The summed E-state index contributed by atoms with van der Waals surface area (Å²) in [6.07, 6.45) is 1.03. The quantitative estimate of drug-likeness (QED) is 0.749. The molecule has 0 saturated carbocycles. The third-order valence-electron chi connectivity index (χ3n) is 2.42. The molecule has 15 heavy (non-hydrogen) atoms. The summed E-state index contributed by atoms with van der Waals surface area (Å²) in [4.78, 5) is 12.1. The van der Waals surface area contributed by atoms with E-state index in [9.17, 15) is 4.79 Å². The van der Waals surface area contributed by atoms with Gasteiger partial charge in [-0.15, -0.1) is 0 Å². The molecule has 0 bridgehead atoms. The van der Waals surface area contributed by atoms with Gasteiger partial charge in [0, 0.05) is 5.56 Å². The van der Waals surface area contributed by atoms with E-state index in [1.165, 1.54) is 0 Å². The van der Waals surface area contributed by atoms with Gasteiger partial charge < -0.3 is 5.32 Å². The molecule has 0 unspecified atom stereocenters. The van der Waals surface area contributed by atoms with Crippen LogP contribution < -0.4 is 5.32 Å². The Morgan fingerprint density at radius 1 is 1.27 bits per heavy atom. The zero-order valence-electron chi connectivity index (χ0n) is 9.71. The van der Waals surface area contributed by atoms with Crippen LogP contribution >= 0.6 is 0 Å². The van der Waals surface area contributed by atoms with Gasteiger partial charge in [-0.25, -0.2) is 0 Å². The van der Waals surface area contributed by atoms with Crippen molar-refractivity contribution >= 4 is 5.78 Å². The fourth-order valence-corrected chi connectivity index (χ4v) is 1.47. The summed E-state index contributed by atoms with van der Waals surface area (Å²) in [5.41, 5.74) is 0.295. The van der Waals surface area contributed by atoms with Crippen molar-refractivity contribution in [2.24, 2.45) is 0 Å². The van der Waals surface area contributed by atoms with Gasteiger partial charge in [-0.2, -0.15) is 0 Å². The summed E-state index contributed by atoms with van der Waals surface area (Å²) < 4.78 is 0. The molecular formula is C13H19NO. The summed E-state index contributed by atoms with van der Waals surface area (Å²) in [7, 11) is 0. The molecule has 2 heteroatoms. The second-order valence-corrected chi connectivity index (χ2v) is 4.25. The second kappa shape index (κ2) is 5.08. The lowest BCUT2D eigenvalue weighted by Gasteiger charge is -2.24. The number of benzene rings is 1. The highest BCUT2D eigenvalue weighted by Crippen LogP contribution is 2.12. The maximum Gasteiger partial charge on any atom is 0.182 e. The van der Waals surface area contributed by atoms with Crippen LogP contribution in [0.15, 0.2) is 30.3 Å². The van der Waals surface area contributed by atoms with Crippen LogP contribution in [0.4, 0.5) is 0 Å². The Kier molecular flexibility index (Phi) is 4.04. The van der Waals surface area contributed by atoms with Gasteiger partial charge in [0.1, 0.15) is 0 Å². The minimum absolute atomic E-state index is 0.150. The number of carbonyl (C=O) groups is 1. The molecular weight excluding hydrogens is 186 g/mol. The molecule has 0 saturated heterocycles. The van der Waals surface area contributed by atoms with E-state index in [2.05, 4.69) is 12.2 Å². The predicted molar refractivity (Wildman–Crippen MR) is 63.1 cm³/mol. The van der Waals surface area contributed by atoms with Crippen molar-refractivity contribution < 1.29 is 4.79 Å². The third-order valence-corrected chi connectivity index (χ3v) is 2.42. The number of hydrogen-bond acceptors (Lipinski definition) is 2. The van der Waals surface area contributed by atoms with E-state index in [0.717, 1.165) is 18.5 Å². The van der Waals surface area contributed by atoms with E-state index in [-0.39, 0.29) is 5.78 Å². The van der Waals surface area contributed by atoms with Crippen LogP contribution in [0.3, 0.4) is 0 Å². The van der Waals surface area contributed by atoms with Crippen LogP contribution in [0.25, 0.3) is 0 Å². The zero-order valence-corrected chi connectivity index (χ0v) is 9.71. The van der Waals surface area contributed by atoms with Crippen LogP contribution in [0.5, 0.6) is 0 Å². The van der Waals surface area contributed by atoms with Crippen LogP contribution in [0, 0.1) is 0 Å². The normalized spacial score (nSPS) is 11.4. The smallest absolute Gasteiger partial charge is 0.182 e. The molecule has 0 heterocycles. The third kappa shape index (κ3) is 3.17. The second-order valence-electron chi connectivity index (χ2n) is 4.25. The minimum Gasteiger partial charge on any atom is -0.305 e.